The highest BCUT2D eigenvalue weighted by Gasteiger charge is 2.33. The van der Waals surface area contributed by atoms with Gasteiger partial charge in [-0.15, -0.1) is 0 Å². The van der Waals surface area contributed by atoms with Gasteiger partial charge in [-0.1, -0.05) is 18.5 Å². The molecule has 2 heterocycles. The number of rotatable bonds is 8. The van der Waals surface area contributed by atoms with Gasteiger partial charge >= 0.3 is 6.18 Å². The number of nitrogens with one attached hydrogen (secondary N) is 1. The third-order valence-electron chi connectivity index (χ3n) is 5.02. The quantitative estimate of drug-likeness (QED) is 0.591. The van der Waals surface area contributed by atoms with Crippen molar-refractivity contribution >= 4 is 33.3 Å². The maximum absolute atomic E-state index is 12.7. The molecular formula is C18H26ClF3N4O3S. The first kappa shape index (κ1) is 24.7. The summed E-state index contributed by atoms with van der Waals surface area (Å²) in [5.74, 6) is -0.0425. The van der Waals surface area contributed by atoms with Gasteiger partial charge in [-0.05, 0) is 25.3 Å². The van der Waals surface area contributed by atoms with Crippen molar-refractivity contribution in [3.8, 4) is 0 Å². The summed E-state index contributed by atoms with van der Waals surface area (Å²) in [7, 11) is -3.25. The number of nitrogens with zero attached hydrogens (tertiary/aromatic N) is 3. The van der Waals surface area contributed by atoms with Crippen LogP contribution in [0.3, 0.4) is 0 Å². The normalized spacial score (nSPS) is 16.2. The molecule has 1 aliphatic rings. The molecule has 0 radical (unpaired) electrons. The van der Waals surface area contributed by atoms with Crippen molar-refractivity contribution in [2.45, 2.75) is 32.4 Å². The van der Waals surface area contributed by atoms with Crippen LogP contribution in [-0.4, -0.2) is 62.6 Å². The highest BCUT2D eigenvalue weighted by molar-refractivity contribution is 7.88. The Hall–Kier alpha value is -1.59. The average Bonchev–Trinajstić information content (AvgIpc) is 2.66. The molecule has 0 aliphatic carbocycles. The molecule has 0 aromatic carbocycles. The number of anilines is 1. The minimum absolute atomic E-state index is 0.0703. The number of alkyl halides is 3. The van der Waals surface area contributed by atoms with Gasteiger partial charge in [0.15, 0.2) is 0 Å². The number of hydrogen-bond donors (Lipinski definition) is 1. The molecule has 1 aromatic rings. The third-order valence-corrected chi connectivity index (χ3v) is 6.68. The molecule has 1 fully saturated rings. The Bertz CT molecular complexity index is 844. The summed E-state index contributed by atoms with van der Waals surface area (Å²) in [4.78, 5) is 18.0. The number of carbonyl (C=O) groups is 1. The number of halogens is 4. The van der Waals surface area contributed by atoms with Crippen molar-refractivity contribution in [1.82, 2.24) is 14.6 Å². The largest absolute Gasteiger partial charge is 0.417 e. The molecule has 1 saturated heterocycles. The Labute approximate surface area is 179 Å². The molecule has 0 spiro atoms. The summed E-state index contributed by atoms with van der Waals surface area (Å²) in [6, 6.07) is 0.860. The van der Waals surface area contributed by atoms with Crippen LogP contribution < -0.4 is 10.2 Å². The molecule has 7 nitrogen and oxygen atoms in total. The van der Waals surface area contributed by atoms with Crippen LogP contribution in [0.5, 0.6) is 0 Å². The average molecular weight is 471 g/mol. The Morgan fingerprint density at radius 1 is 1.37 bits per heavy atom. The van der Waals surface area contributed by atoms with E-state index in [0.717, 1.165) is 18.5 Å². The van der Waals surface area contributed by atoms with Gasteiger partial charge in [0.2, 0.25) is 15.9 Å². The molecule has 0 unspecified atom stereocenters. The summed E-state index contributed by atoms with van der Waals surface area (Å²) in [5.41, 5.74) is -0.900. The molecule has 0 saturated carbocycles. The number of pyridine rings is 1. The molecule has 1 amide bonds. The molecular weight excluding hydrogens is 445 g/mol. The number of carbonyl (C=O) groups excluding carboxylic acids is 1. The molecule has 2 rings (SSSR count). The van der Waals surface area contributed by atoms with E-state index in [1.807, 2.05) is 0 Å². The van der Waals surface area contributed by atoms with Crippen LogP contribution in [0.4, 0.5) is 19.0 Å². The highest BCUT2D eigenvalue weighted by atomic mass is 35.5. The monoisotopic (exact) mass is 470 g/mol. The molecule has 170 valence electrons. The fourth-order valence-electron chi connectivity index (χ4n) is 3.34. The number of aromatic nitrogens is 1. The van der Waals surface area contributed by atoms with Crippen LogP contribution in [0.25, 0.3) is 0 Å². The van der Waals surface area contributed by atoms with Crippen LogP contribution in [0, 0.1) is 5.92 Å². The Morgan fingerprint density at radius 2 is 2.00 bits per heavy atom. The first-order valence-electron chi connectivity index (χ1n) is 9.64. The van der Waals surface area contributed by atoms with E-state index in [9.17, 15) is 26.4 Å². The lowest BCUT2D eigenvalue weighted by Crippen LogP contribution is -2.41. The van der Waals surface area contributed by atoms with Crippen molar-refractivity contribution in [2.75, 3.05) is 43.9 Å². The first-order chi connectivity index (χ1) is 13.9. The van der Waals surface area contributed by atoms with Gasteiger partial charge in [0, 0.05) is 44.8 Å². The van der Waals surface area contributed by atoms with Crippen LogP contribution in [-0.2, 0) is 21.0 Å². The van der Waals surface area contributed by atoms with E-state index in [1.165, 1.54) is 4.31 Å². The lowest BCUT2D eigenvalue weighted by molar-refractivity contribution is -0.137. The summed E-state index contributed by atoms with van der Waals surface area (Å²) >= 11 is 5.99. The van der Waals surface area contributed by atoms with Crippen molar-refractivity contribution in [3.63, 3.8) is 0 Å². The van der Waals surface area contributed by atoms with Gasteiger partial charge in [-0.25, -0.2) is 17.7 Å². The SMILES string of the molecule is CCN(CCCNC(=O)C1CCN(c2ncc(C(F)(F)F)cc2Cl)CC1)S(C)(=O)=O. The smallest absolute Gasteiger partial charge is 0.356 e. The van der Waals surface area contributed by atoms with Crippen LogP contribution in [0.15, 0.2) is 12.3 Å². The Morgan fingerprint density at radius 3 is 2.50 bits per heavy atom. The third kappa shape index (κ3) is 6.71. The summed E-state index contributed by atoms with van der Waals surface area (Å²) in [5, 5.41) is 2.76. The van der Waals surface area contributed by atoms with E-state index in [1.54, 1.807) is 11.8 Å². The predicted molar refractivity (Wildman–Crippen MR) is 109 cm³/mol. The highest BCUT2D eigenvalue weighted by Crippen LogP contribution is 2.34. The molecule has 30 heavy (non-hydrogen) atoms. The molecule has 0 atom stereocenters. The lowest BCUT2D eigenvalue weighted by Gasteiger charge is -2.32. The molecule has 12 heteroatoms. The second kappa shape index (κ2) is 10.1. The first-order valence-corrected chi connectivity index (χ1v) is 11.9. The van der Waals surface area contributed by atoms with E-state index < -0.39 is 21.8 Å². The van der Waals surface area contributed by atoms with Gasteiger partial charge in [-0.3, -0.25) is 4.79 Å². The zero-order chi connectivity index (χ0) is 22.5. The minimum Gasteiger partial charge on any atom is -0.356 e. The fraction of sp³-hybridized carbons (Fsp3) is 0.667. The zero-order valence-corrected chi connectivity index (χ0v) is 18.4. The lowest BCUT2D eigenvalue weighted by atomic mass is 9.96. The minimum atomic E-state index is -4.50. The second-order valence-corrected chi connectivity index (χ2v) is 9.58. The van der Waals surface area contributed by atoms with Crippen LogP contribution >= 0.6 is 11.6 Å². The Balaban J connectivity index is 1.81. The second-order valence-electron chi connectivity index (χ2n) is 7.19. The van der Waals surface area contributed by atoms with E-state index in [-0.39, 0.29) is 22.7 Å². The summed E-state index contributed by atoms with van der Waals surface area (Å²) in [6.07, 6.45) is -1.03. The van der Waals surface area contributed by atoms with Gasteiger partial charge < -0.3 is 10.2 Å². The fourth-order valence-corrected chi connectivity index (χ4v) is 4.56. The number of hydrogen-bond acceptors (Lipinski definition) is 5. The molecule has 1 aliphatic heterocycles. The van der Waals surface area contributed by atoms with Crippen molar-refractivity contribution in [3.05, 3.63) is 22.8 Å². The predicted octanol–water partition coefficient (Wildman–Crippen LogP) is 2.76. The van der Waals surface area contributed by atoms with E-state index in [0.29, 0.717) is 52.0 Å². The van der Waals surface area contributed by atoms with Crippen molar-refractivity contribution < 1.29 is 26.4 Å². The Kier molecular flexibility index (Phi) is 8.35. The number of sulfonamides is 1. The van der Waals surface area contributed by atoms with Gasteiger partial charge in [-0.2, -0.15) is 13.2 Å². The van der Waals surface area contributed by atoms with E-state index in [2.05, 4.69) is 10.3 Å². The topological polar surface area (TPSA) is 82.6 Å². The van der Waals surface area contributed by atoms with Gasteiger partial charge in [0.05, 0.1) is 16.8 Å². The van der Waals surface area contributed by atoms with Crippen LogP contribution in [0.2, 0.25) is 5.02 Å². The maximum atomic E-state index is 12.7. The van der Waals surface area contributed by atoms with Crippen LogP contribution in [0.1, 0.15) is 31.7 Å². The number of amides is 1. The molecule has 1 N–H and O–H groups in total. The zero-order valence-electron chi connectivity index (χ0n) is 16.9. The van der Waals surface area contributed by atoms with E-state index >= 15 is 0 Å². The summed E-state index contributed by atoms with van der Waals surface area (Å²) in [6.45, 7) is 3.75. The maximum Gasteiger partial charge on any atom is 0.417 e. The standard InChI is InChI=1S/C18H26ClF3N4O3S/c1-3-26(30(2,28)29)8-4-7-23-17(27)13-5-9-25(10-6-13)16-15(19)11-14(12-24-16)18(20,21)22/h11-13H,3-10H2,1-2H3,(H,23,27). The van der Waals surface area contributed by atoms with Gasteiger partial charge in [0.1, 0.15) is 5.82 Å². The molecule has 0 bridgehead atoms. The molecule has 1 aromatic heterocycles. The van der Waals surface area contributed by atoms with E-state index in [4.69, 9.17) is 11.6 Å². The number of piperidine rings is 1. The van der Waals surface area contributed by atoms with Crippen molar-refractivity contribution in [2.24, 2.45) is 5.92 Å². The van der Waals surface area contributed by atoms with Gasteiger partial charge in [0.25, 0.3) is 0 Å². The van der Waals surface area contributed by atoms with Crippen molar-refractivity contribution in [1.29, 1.82) is 0 Å². The summed E-state index contributed by atoms with van der Waals surface area (Å²) < 4.78 is 62.7.